The standard InChI is InChI=1S/C24H45NO19P2/c1-13(27)25-17-21(18(29)14(11-26)41-23(17)39-10-8-6-4-3-5-7-9-16(28)38-2)43-24-20(31)22(44-46(35,36)37)19(30)15(42-24)12-40-45(32,33)34/h14-15,17-24,26,29-31H,3-12H2,1-2H3,(H,25,27)(H2,32,33,34)(H2,35,36,37)/t14-,15-,17+,18-,19+,20-,21-,22+,23+,24+/m1/s1. The highest BCUT2D eigenvalue weighted by Gasteiger charge is 2.53. The Labute approximate surface area is 264 Å². The molecule has 10 atom stereocenters. The second kappa shape index (κ2) is 19.1. The molecule has 0 aromatic heterocycles. The summed E-state index contributed by atoms with van der Waals surface area (Å²) in [5, 5.41) is 44.7. The highest BCUT2D eigenvalue weighted by Crippen LogP contribution is 2.43. The van der Waals surface area contributed by atoms with E-state index >= 15 is 0 Å². The van der Waals surface area contributed by atoms with Gasteiger partial charge in [0.25, 0.3) is 0 Å². The molecular formula is C24H45NO19P2. The van der Waals surface area contributed by atoms with E-state index in [1.54, 1.807) is 0 Å². The molecule has 2 saturated heterocycles. The normalized spacial score (nSPS) is 32.2. The number of phosphoric acid groups is 2. The van der Waals surface area contributed by atoms with Crippen LogP contribution in [0.2, 0.25) is 0 Å². The van der Waals surface area contributed by atoms with Gasteiger partial charge in [-0.1, -0.05) is 25.7 Å². The lowest BCUT2D eigenvalue weighted by Gasteiger charge is -2.48. The van der Waals surface area contributed by atoms with E-state index in [4.69, 9.17) is 28.7 Å². The molecule has 0 unspecified atom stereocenters. The number of hydrogen-bond donors (Lipinski definition) is 9. The Balaban J connectivity index is 2.17. The molecule has 2 rings (SSSR count). The molecule has 0 bridgehead atoms. The first kappa shape index (κ1) is 41.0. The van der Waals surface area contributed by atoms with Crippen molar-refractivity contribution in [1.29, 1.82) is 0 Å². The van der Waals surface area contributed by atoms with E-state index in [-0.39, 0.29) is 12.6 Å². The van der Waals surface area contributed by atoms with Gasteiger partial charge in [0.1, 0.15) is 48.8 Å². The van der Waals surface area contributed by atoms with Gasteiger partial charge in [-0.3, -0.25) is 18.6 Å². The number of carbonyl (C=O) groups is 2. The fourth-order valence-corrected chi connectivity index (χ4v) is 5.81. The Morgan fingerprint density at radius 3 is 1.96 bits per heavy atom. The number of phosphoric ester groups is 2. The number of ether oxygens (including phenoxy) is 5. The number of rotatable bonds is 19. The monoisotopic (exact) mass is 713 g/mol. The molecule has 2 fully saturated rings. The van der Waals surface area contributed by atoms with Crippen LogP contribution in [0.25, 0.3) is 0 Å². The molecule has 0 aromatic carbocycles. The Kier molecular flexibility index (Phi) is 17.1. The summed E-state index contributed by atoms with van der Waals surface area (Å²) in [5.41, 5.74) is 0. The fourth-order valence-electron chi connectivity index (χ4n) is 4.90. The van der Waals surface area contributed by atoms with Crippen LogP contribution in [0.1, 0.15) is 51.9 Å². The molecule has 0 spiro atoms. The average Bonchev–Trinajstić information content (AvgIpc) is 2.96. The molecule has 0 saturated carbocycles. The third kappa shape index (κ3) is 13.8. The molecular weight excluding hydrogens is 668 g/mol. The number of nitrogens with one attached hydrogen (secondary N) is 1. The molecule has 46 heavy (non-hydrogen) atoms. The fraction of sp³-hybridized carbons (Fsp3) is 0.917. The van der Waals surface area contributed by atoms with Crippen molar-refractivity contribution in [2.24, 2.45) is 0 Å². The van der Waals surface area contributed by atoms with Gasteiger partial charge in [-0.15, -0.1) is 0 Å². The van der Waals surface area contributed by atoms with E-state index in [0.717, 1.165) is 32.6 Å². The number of aliphatic hydroxyl groups is 4. The van der Waals surface area contributed by atoms with Crippen LogP contribution in [0.3, 0.4) is 0 Å². The lowest BCUT2D eigenvalue weighted by molar-refractivity contribution is -0.343. The first-order chi connectivity index (χ1) is 21.5. The second-order valence-electron chi connectivity index (χ2n) is 10.7. The van der Waals surface area contributed by atoms with Crippen LogP contribution in [0.5, 0.6) is 0 Å². The maximum absolute atomic E-state index is 12.1. The van der Waals surface area contributed by atoms with Gasteiger partial charge in [0, 0.05) is 20.0 Å². The largest absolute Gasteiger partial charge is 0.470 e. The summed E-state index contributed by atoms with van der Waals surface area (Å²) < 4.78 is 58.9. The summed E-state index contributed by atoms with van der Waals surface area (Å²) in [5.74, 6) is -0.901. The molecule has 20 nitrogen and oxygen atoms in total. The lowest BCUT2D eigenvalue weighted by Crippen LogP contribution is -2.68. The smallest absolute Gasteiger partial charge is 0.469 e. The second-order valence-corrected chi connectivity index (χ2v) is 13.2. The summed E-state index contributed by atoms with van der Waals surface area (Å²) in [6.07, 6.45) is -11.4. The predicted octanol–water partition coefficient (Wildman–Crippen LogP) is -2.09. The SMILES string of the molecule is COC(=O)CCCCCCCCO[C@H]1O[C@H](CO)[C@@H](O)[C@H](O[C@@H]2O[C@H](COP(=O)(O)O)[C@H](O)[C@H](OP(=O)(O)O)[C@H]2O)[C@@H]1NC(C)=O. The predicted molar refractivity (Wildman–Crippen MR) is 150 cm³/mol. The Morgan fingerprint density at radius 2 is 1.39 bits per heavy atom. The summed E-state index contributed by atoms with van der Waals surface area (Å²) in [4.78, 5) is 60.0. The number of unbranched alkanes of at least 4 members (excludes halogenated alkanes) is 5. The highest BCUT2D eigenvalue weighted by atomic mass is 31.2. The van der Waals surface area contributed by atoms with E-state index < -0.39 is 96.1 Å². The van der Waals surface area contributed by atoms with Crippen molar-refractivity contribution in [2.75, 3.05) is 26.9 Å². The van der Waals surface area contributed by atoms with Crippen LogP contribution in [-0.2, 0) is 51.5 Å². The summed E-state index contributed by atoms with van der Waals surface area (Å²) >= 11 is 0. The molecule has 2 aliphatic heterocycles. The van der Waals surface area contributed by atoms with Crippen LogP contribution in [0.15, 0.2) is 0 Å². The van der Waals surface area contributed by atoms with Crippen molar-refractivity contribution in [3.63, 3.8) is 0 Å². The number of carbonyl (C=O) groups excluding carboxylic acids is 2. The first-order valence-corrected chi connectivity index (χ1v) is 17.5. The van der Waals surface area contributed by atoms with Gasteiger partial charge in [-0.05, 0) is 12.8 Å². The van der Waals surface area contributed by atoms with E-state index in [1.807, 2.05) is 0 Å². The number of aliphatic hydroxyl groups excluding tert-OH is 4. The van der Waals surface area contributed by atoms with Crippen molar-refractivity contribution >= 4 is 27.5 Å². The van der Waals surface area contributed by atoms with E-state index in [2.05, 4.69) is 19.1 Å². The first-order valence-electron chi connectivity index (χ1n) is 14.5. The van der Waals surface area contributed by atoms with Gasteiger partial charge in [0.15, 0.2) is 12.6 Å². The van der Waals surface area contributed by atoms with Crippen LogP contribution < -0.4 is 5.32 Å². The number of amides is 1. The molecule has 9 N–H and O–H groups in total. The summed E-state index contributed by atoms with van der Waals surface area (Å²) in [6, 6.07) is -1.32. The Bertz CT molecular complexity index is 1040. The van der Waals surface area contributed by atoms with Crippen molar-refractivity contribution < 1.29 is 91.5 Å². The molecule has 0 aliphatic carbocycles. The van der Waals surface area contributed by atoms with E-state index in [0.29, 0.717) is 19.3 Å². The van der Waals surface area contributed by atoms with Crippen LogP contribution >= 0.6 is 15.6 Å². The summed E-state index contributed by atoms with van der Waals surface area (Å²) in [7, 11) is -9.18. The zero-order valence-electron chi connectivity index (χ0n) is 25.3. The average molecular weight is 714 g/mol. The lowest BCUT2D eigenvalue weighted by atomic mass is 9.95. The van der Waals surface area contributed by atoms with E-state index in [9.17, 15) is 48.9 Å². The minimum absolute atomic E-state index is 0.110. The third-order valence-corrected chi connectivity index (χ3v) is 8.11. The van der Waals surface area contributed by atoms with Gasteiger partial charge in [-0.2, -0.15) is 0 Å². The topological polar surface area (TPSA) is 307 Å². The minimum atomic E-state index is -5.38. The molecule has 0 aromatic rings. The Hall–Kier alpha value is -1.16. The molecule has 2 aliphatic rings. The zero-order valence-corrected chi connectivity index (χ0v) is 27.1. The third-order valence-electron chi connectivity index (χ3n) is 7.11. The quantitative estimate of drug-likeness (QED) is 0.0394. The number of hydrogen-bond acceptors (Lipinski definition) is 15. The minimum Gasteiger partial charge on any atom is -0.469 e. The maximum atomic E-state index is 12.1. The van der Waals surface area contributed by atoms with E-state index in [1.165, 1.54) is 7.11 Å². The van der Waals surface area contributed by atoms with Crippen molar-refractivity contribution in [2.45, 2.75) is 113 Å². The number of esters is 1. The van der Waals surface area contributed by atoms with Gasteiger partial charge < -0.3 is 69.0 Å². The van der Waals surface area contributed by atoms with Crippen LogP contribution in [0, 0.1) is 0 Å². The number of methoxy groups -OCH3 is 1. The molecule has 22 heteroatoms. The molecule has 0 radical (unpaired) electrons. The molecule has 2 heterocycles. The molecule has 1 amide bonds. The Morgan fingerprint density at radius 1 is 0.804 bits per heavy atom. The van der Waals surface area contributed by atoms with Crippen molar-refractivity contribution in [1.82, 2.24) is 5.32 Å². The molecule has 270 valence electrons. The van der Waals surface area contributed by atoms with Crippen molar-refractivity contribution in [3.05, 3.63) is 0 Å². The van der Waals surface area contributed by atoms with Gasteiger partial charge in [-0.25, -0.2) is 9.13 Å². The highest BCUT2D eigenvalue weighted by molar-refractivity contribution is 7.46. The van der Waals surface area contributed by atoms with Crippen molar-refractivity contribution in [3.8, 4) is 0 Å². The summed E-state index contributed by atoms with van der Waals surface area (Å²) in [6.45, 7) is -0.561. The van der Waals surface area contributed by atoms with Gasteiger partial charge >= 0.3 is 21.6 Å². The maximum Gasteiger partial charge on any atom is 0.470 e. The van der Waals surface area contributed by atoms with Gasteiger partial charge in [0.2, 0.25) is 5.91 Å². The van der Waals surface area contributed by atoms with Crippen LogP contribution in [0.4, 0.5) is 0 Å². The van der Waals surface area contributed by atoms with Crippen LogP contribution in [-0.4, -0.2) is 140 Å². The van der Waals surface area contributed by atoms with Gasteiger partial charge in [0.05, 0.1) is 20.3 Å². The zero-order chi connectivity index (χ0) is 34.7.